The molecule has 0 fully saturated rings. The maximum Gasteiger partial charge on any atom is 0.151 e. The number of halogens is 1. The van der Waals surface area contributed by atoms with Crippen LogP contribution in [0.1, 0.15) is 11.3 Å². The van der Waals surface area contributed by atoms with E-state index < -0.39 is 0 Å². The average Bonchev–Trinajstić information content (AvgIpc) is 2.96. The second kappa shape index (κ2) is 6.83. The number of nitrogens with zero attached hydrogens (tertiary/aromatic N) is 2. The number of rotatable bonds is 4. The fourth-order valence-corrected chi connectivity index (χ4v) is 4.08. The quantitative estimate of drug-likeness (QED) is 0.425. The minimum Gasteiger partial charge on any atom is -0.267 e. The van der Waals surface area contributed by atoms with Gasteiger partial charge in [-0.2, -0.15) is 0 Å². The zero-order valence-corrected chi connectivity index (χ0v) is 15.3. The van der Waals surface area contributed by atoms with Crippen LogP contribution >= 0.6 is 27.9 Å². The average molecular weight is 395 g/mol. The molecular formula is C20H15BrN2S. The number of fused-ring (bicyclic) bond motifs is 1. The summed E-state index contributed by atoms with van der Waals surface area (Å²) in [5.74, 6) is 0. The summed E-state index contributed by atoms with van der Waals surface area (Å²) in [4.78, 5) is 5.81. The number of hydrogen-bond acceptors (Lipinski definition) is 2. The highest BCUT2D eigenvalue weighted by Crippen LogP contribution is 2.33. The molecule has 2 aromatic heterocycles. The highest BCUT2D eigenvalue weighted by molar-refractivity contribution is 9.10. The van der Waals surface area contributed by atoms with Gasteiger partial charge in [0.1, 0.15) is 0 Å². The molecule has 0 aliphatic carbocycles. The molecule has 0 N–H and O–H groups in total. The Kier molecular flexibility index (Phi) is 4.41. The van der Waals surface area contributed by atoms with Gasteiger partial charge in [0.25, 0.3) is 0 Å². The van der Waals surface area contributed by atoms with E-state index >= 15 is 0 Å². The molecule has 4 heteroatoms. The largest absolute Gasteiger partial charge is 0.267 e. The Morgan fingerprint density at radius 1 is 0.917 bits per heavy atom. The van der Waals surface area contributed by atoms with Crippen molar-refractivity contribution in [1.29, 1.82) is 0 Å². The van der Waals surface area contributed by atoms with E-state index in [1.54, 1.807) is 11.9 Å². The molecule has 2 aromatic carbocycles. The molecular weight excluding hydrogens is 380 g/mol. The third-order valence-electron chi connectivity index (χ3n) is 3.85. The van der Waals surface area contributed by atoms with Gasteiger partial charge in [0.05, 0.1) is 0 Å². The Labute approximate surface area is 153 Å². The van der Waals surface area contributed by atoms with E-state index in [4.69, 9.17) is 0 Å². The molecule has 0 atom stereocenters. The summed E-state index contributed by atoms with van der Waals surface area (Å²) in [5.41, 5.74) is 3.53. The number of pyridine rings is 1. The summed E-state index contributed by atoms with van der Waals surface area (Å²) >= 11 is 5.36. The van der Waals surface area contributed by atoms with E-state index in [9.17, 15) is 0 Å². The predicted molar refractivity (Wildman–Crippen MR) is 104 cm³/mol. The second-order valence-corrected chi connectivity index (χ2v) is 7.40. The maximum atomic E-state index is 4.61. The Bertz CT molecular complexity index is 965. The van der Waals surface area contributed by atoms with Crippen LogP contribution in [0.15, 0.2) is 88.4 Å². The van der Waals surface area contributed by atoms with Crippen LogP contribution in [-0.4, -0.2) is 8.96 Å². The van der Waals surface area contributed by atoms with Gasteiger partial charge in [-0.15, -0.1) is 0 Å². The van der Waals surface area contributed by atoms with Crippen molar-refractivity contribution in [1.82, 2.24) is 8.96 Å². The molecule has 0 aliphatic rings. The Balaban J connectivity index is 1.82. The minimum atomic E-state index is 0.878. The van der Waals surface area contributed by atoms with Crippen LogP contribution in [0.4, 0.5) is 0 Å². The van der Waals surface area contributed by atoms with E-state index in [0.717, 1.165) is 21.9 Å². The minimum absolute atomic E-state index is 0.878. The van der Waals surface area contributed by atoms with Gasteiger partial charge >= 0.3 is 0 Å². The first kappa shape index (κ1) is 15.5. The fraction of sp³-hybridized carbons (Fsp3) is 0.0500. The lowest BCUT2D eigenvalue weighted by atomic mass is 10.1. The molecule has 0 unspecified atom stereocenters. The summed E-state index contributed by atoms with van der Waals surface area (Å²) in [7, 11) is 0. The normalized spacial score (nSPS) is 11.0. The van der Waals surface area contributed by atoms with Crippen molar-refractivity contribution in [3.63, 3.8) is 0 Å². The fourth-order valence-electron chi connectivity index (χ4n) is 2.71. The lowest BCUT2D eigenvalue weighted by Crippen LogP contribution is -1.97. The Morgan fingerprint density at radius 3 is 2.38 bits per heavy atom. The zero-order chi connectivity index (χ0) is 16.4. The monoisotopic (exact) mass is 394 g/mol. The topological polar surface area (TPSA) is 17.8 Å². The van der Waals surface area contributed by atoms with Gasteiger partial charge < -0.3 is 0 Å². The molecule has 24 heavy (non-hydrogen) atoms. The molecule has 4 rings (SSSR count). The molecule has 0 saturated heterocycles. The van der Waals surface area contributed by atoms with E-state index in [1.807, 2.05) is 18.3 Å². The standard InChI is InChI=1S/C20H15BrN2S/c21-19-11-12-22-20-18(19)14-16(13-15-7-3-1-4-8-15)23(20)24-17-9-5-2-6-10-17/h1-12,14H,13H2. The molecule has 2 nitrogen and oxygen atoms in total. The second-order valence-electron chi connectivity index (χ2n) is 5.53. The van der Waals surface area contributed by atoms with Gasteiger partial charge in [-0.25, -0.2) is 4.98 Å². The molecule has 0 bridgehead atoms. The number of benzene rings is 2. The van der Waals surface area contributed by atoms with E-state index in [-0.39, 0.29) is 0 Å². The molecule has 0 amide bonds. The summed E-state index contributed by atoms with van der Waals surface area (Å²) in [6, 6.07) is 25.2. The lowest BCUT2D eigenvalue weighted by molar-refractivity contribution is 1.06. The first-order valence-electron chi connectivity index (χ1n) is 7.73. The van der Waals surface area contributed by atoms with Gasteiger partial charge in [0.2, 0.25) is 0 Å². The van der Waals surface area contributed by atoms with Crippen molar-refractivity contribution in [2.45, 2.75) is 11.3 Å². The number of aromatic nitrogens is 2. The van der Waals surface area contributed by atoms with Gasteiger partial charge in [0, 0.05) is 33.1 Å². The highest BCUT2D eigenvalue weighted by Gasteiger charge is 2.14. The van der Waals surface area contributed by atoms with Gasteiger partial charge in [-0.3, -0.25) is 3.97 Å². The molecule has 118 valence electrons. The van der Waals surface area contributed by atoms with Crippen molar-refractivity contribution in [3.05, 3.63) is 94.7 Å². The third kappa shape index (κ3) is 3.12. The summed E-state index contributed by atoms with van der Waals surface area (Å²) in [6.45, 7) is 0. The van der Waals surface area contributed by atoms with Crippen LogP contribution in [0.2, 0.25) is 0 Å². The van der Waals surface area contributed by atoms with Gasteiger partial charge in [-0.1, -0.05) is 48.5 Å². The Hall–Kier alpha value is -2.04. The molecule has 0 saturated carbocycles. The number of hydrogen-bond donors (Lipinski definition) is 0. The Morgan fingerprint density at radius 2 is 1.62 bits per heavy atom. The van der Waals surface area contributed by atoms with E-state index in [2.05, 4.69) is 85.5 Å². The smallest absolute Gasteiger partial charge is 0.151 e. The van der Waals surface area contributed by atoms with Crippen molar-refractivity contribution in [2.75, 3.05) is 0 Å². The van der Waals surface area contributed by atoms with E-state index in [0.29, 0.717) is 0 Å². The molecule has 2 heterocycles. The van der Waals surface area contributed by atoms with Crippen LogP contribution in [0.25, 0.3) is 11.0 Å². The first-order valence-corrected chi connectivity index (χ1v) is 9.30. The molecule has 0 aliphatic heterocycles. The van der Waals surface area contributed by atoms with Crippen LogP contribution in [0, 0.1) is 0 Å². The predicted octanol–water partition coefficient (Wildman–Crippen LogP) is 5.95. The lowest BCUT2D eigenvalue weighted by Gasteiger charge is -2.09. The SMILES string of the molecule is Brc1ccnc2c1cc(Cc1ccccc1)n2Sc1ccccc1. The summed E-state index contributed by atoms with van der Waals surface area (Å²) in [6.07, 6.45) is 2.73. The zero-order valence-electron chi connectivity index (χ0n) is 12.9. The van der Waals surface area contributed by atoms with Crippen LogP contribution < -0.4 is 0 Å². The molecule has 4 aromatic rings. The van der Waals surface area contributed by atoms with Crippen LogP contribution in [-0.2, 0) is 6.42 Å². The van der Waals surface area contributed by atoms with Crippen LogP contribution in [0.5, 0.6) is 0 Å². The van der Waals surface area contributed by atoms with Crippen molar-refractivity contribution in [3.8, 4) is 0 Å². The summed E-state index contributed by atoms with van der Waals surface area (Å²) in [5, 5.41) is 1.15. The van der Waals surface area contributed by atoms with E-state index in [1.165, 1.54) is 16.2 Å². The maximum absolute atomic E-state index is 4.61. The van der Waals surface area contributed by atoms with Gasteiger partial charge in [-0.05, 0) is 57.7 Å². The van der Waals surface area contributed by atoms with Gasteiger partial charge in [0.15, 0.2) is 5.65 Å². The highest BCUT2D eigenvalue weighted by atomic mass is 79.9. The molecule has 0 radical (unpaired) electrons. The summed E-state index contributed by atoms with van der Waals surface area (Å²) < 4.78 is 3.32. The molecule has 0 spiro atoms. The van der Waals surface area contributed by atoms with Crippen molar-refractivity contribution in [2.24, 2.45) is 0 Å². The third-order valence-corrected chi connectivity index (χ3v) is 5.61. The van der Waals surface area contributed by atoms with Crippen molar-refractivity contribution < 1.29 is 0 Å². The van der Waals surface area contributed by atoms with Crippen LogP contribution in [0.3, 0.4) is 0 Å². The first-order chi connectivity index (χ1) is 11.8. The van der Waals surface area contributed by atoms with Crippen molar-refractivity contribution >= 4 is 38.9 Å².